The molecule has 4 N–H and O–H groups in total. The third-order valence-electron chi connectivity index (χ3n) is 4.10. The molecule has 0 bridgehead atoms. The number of carbonyl (C=O) groups excluding carboxylic acids is 1. The Morgan fingerprint density at radius 1 is 1.10 bits per heavy atom. The molecule has 124 valence electrons. The Kier molecular flexibility index (Phi) is 8.00. The highest BCUT2D eigenvalue weighted by atomic mass is 16.2. The lowest BCUT2D eigenvalue weighted by molar-refractivity contribution is 0.145. The molecule has 0 radical (unpaired) electrons. The van der Waals surface area contributed by atoms with Crippen LogP contribution in [0.1, 0.15) is 27.7 Å². The molecule has 1 aliphatic heterocycles. The summed E-state index contributed by atoms with van der Waals surface area (Å²) in [4.78, 5) is 14.0. The third kappa shape index (κ3) is 5.45. The van der Waals surface area contributed by atoms with E-state index in [1.165, 1.54) is 0 Å². The average molecular weight is 299 g/mol. The van der Waals surface area contributed by atoms with Crippen molar-refractivity contribution in [2.24, 2.45) is 5.41 Å². The van der Waals surface area contributed by atoms with E-state index in [0.717, 1.165) is 52.4 Å². The monoisotopic (exact) mass is 299 g/mol. The van der Waals surface area contributed by atoms with Gasteiger partial charge in [-0.2, -0.15) is 0 Å². The minimum absolute atomic E-state index is 0.0119. The zero-order valence-corrected chi connectivity index (χ0v) is 14.1. The minimum Gasteiger partial charge on any atom is -0.336 e. The maximum Gasteiger partial charge on any atom is 0.317 e. The summed E-state index contributed by atoms with van der Waals surface area (Å²) >= 11 is 0. The second-order valence-corrected chi connectivity index (χ2v) is 6.00. The van der Waals surface area contributed by atoms with E-state index in [1.807, 2.05) is 4.90 Å². The molecule has 0 aromatic heterocycles. The number of urea groups is 1. The van der Waals surface area contributed by atoms with Gasteiger partial charge in [0.1, 0.15) is 0 Å². The lowest BCUT2D eigenvalue weighted by Gasteiger charge is -2.39. The van der Waals surface area contributed by atoms with E-state index >= 15 is 0 Å². The van der Waals surface area contributed by atoms with Crippen LogP contribution in [0.4, 0.5) is 4.79 Å². The highest BCUT2D eigenvalue weighted by molar-refractivity contribution is 5.76. The van der Waals surface area contributed by atoms with Crippen molar-refractivity contribution in [2.75, 3.05) is 52.4 Å². The summed E-state index contributed by atoms with van der Waals surface area (Å²) in [7, 11) is 0. The molecular weight excluding hydrogens is 266 g/mol. The molecule has 1 atom stereocenters. The molecule has 1 aliphatic rings. The average Bonchev–Trinajstić information content (AvgIpc) is 2.80. The number of hydrogen-bond acceptors (Lipinski definition) is 4. The first-order chi connectivity index (χ1) is 10.1. The van der Waals surface area contributed by atoms with Crippen molar-refractivity contribution < 1.29 is 4.79 Å². The van der Waals surface area contributed by atoms with E-state index in [0.29, 0.717) is 0 Å². The van der Waals surface area contributed by atoms with Gasteiger partial charge in [0.25, 0.3) is 0 Å². The first-order valence-electron chi connectivity index (χ1n) is 8.25. The summed E-state index contributed by atoms with van der Waals surface area (Å²) in [5, 5.41) is 13.4. The van der Waals surface area contributed by atoms with Gasteiger partial charge < -0.3 is 26.2 Å². The van der Waals surface area contributed by atoms with Gasteiger partial charge in [-0.3, -0.25) is 0 Å². The Morgan fingerprint density at radius 3 is 1.90 bits per heavy atom. The molecule has 2 amide bonds. The fourth-order valence-corrected chi connectivity index (χ4v) is 2.76. The molecule has 1 unspecified atom stereocenters. The standard InChI is InChI=1S/C15H33N5O/c1-5-16-9-15(10-17-6-2,11-18-7-3)12-20-13(4)8-19-14(20)21/h13,16-18H,5-12H2,1-4H3,(H,19,21). The van der Waals surface area contributed by atoms with Crippen molar-refractivity contribution in [1.29, 1.82) is 0 Å². The Hall–Kier alpha value is -0.850. The molecule has 0 aliphatic carbocycles. The smallest absolute Gasteiger partial charge is 0.317 e. The fourth-order valence-electron chi connectivity index (χ4n) is 2.76. The van der Waals surface area contributed by atoms with Crippen molar-refractivity contribution in [1.82, 2.24) is 26.2 Å². The van der Waals surface area contributed by atoms with Crippen LogP contribution in [0.5, 0.6) is 0 Å². The summed E-state index contributed by atoms with van der Waals surface area (Å²) < 4.78 is 0. The van der Waals surface area contributed by atoms with Crippen LogP contribution in [0.15, 0.2) is 0 Å². The third-order valence-corrected chi connectivity index (χ3v) is 4.10. The molecular formula is C15H33N5O. The van der Waals surface area contributed by atoms with Gasteiger partial charge in [0.15, 0.2) is 0 Å². The van der Waals surface area contributed by atoms with E-state index in [4.69, 9.17) is 0 Å². The maximum absolute atomic E-state index is 12.0. The van der Waals surface area contributed by atoms with Crippen molar-refractivity contribution in [3.8, 4) is 0 Å². The molecule has 0 aromatic rings. The highest BCUT2D eigenvalue weighted by Gasteiger charge is 2.37. The predicted octanol–water partition coefficient (Wildman–Crippen LogP) is 0.215. The van der Waals surface area contributed by atoms with E-state index in [-0.39, 0.29) is 17.5 Å². The summed E-state index contributed by atoms with van der Waals surface area (Å²) in [5.41, 5.74) is 0.0119. The molecule has 21 heavy (non-hydrogen) atoms. The first kappa shape index (κ1) is 18.2. The minimum atomic E-state index is 0.0119. The van der Waals surface area contributed by atoms with E-state index in [1.54, 1.807) is 0 Å². The van der Waals surface area contributed by atoms with Gasteiger partial charge in [-0.1, -0.05) is 20.8 Å². The molecule has 0 saturated carbocycles. The number of hydrogen-bond donors (Lipinski definition) is 4. The van der Waals surface area contributed by atoms with Crippen LogP contribution in [-0.2, 0) is 0 Å². The Balaban J connectivity index is 2.81. The molecule has 1 fully saturated rings. The number of rotatable bonds is 11. The van der Waals surface area contributed by atoms with Gasteiger partial charge in [0, 0.05) is 44.2 Å². The van der Waals surface area contributed by atoms with Crippen LogP contribution in [-0.4, -0.2) is 69.3 Å². The molecule has 0 aromatic carbocycles. The van der Waals surface area contributed by atoms with Crippen LogP contribution in [0, 0.1) is 5.41 Å². The van der Waals surface area contributed by atoms with Gasteiger partial charge in [-0.25, -0.2) is 4.79 Å². The lowest BCUT2D eigenvalue weighted by Crippen LogP contribution is -2.56. The van der Waals surface area contributed by atoms with Gasteiger partial charge in [0.2, 0.25) is 0 Å². The zero-order valence-electron chi connectivity index (χ0n) is 14.1. The molecule has 1 saturated heterocycles. The van der Waals surface area contributed by atoms with Gasteiger partial charge in [0.05, 0.1) is 0 Å². The van der Waals surface area contributed by atoms with Crippen molar-refractivity contribution in [3.63, 3.8) is 0 Å². The number of amides is 2. The normalized spacial score (nSPS) is 19.1. The molecule has 0 spiro atoms. The van der Waals surface area contributed by atoms with Crippen molar-refractivity contribution in [3.05, 3.63) is 0 Å². The molecule has 6 heteroatoms. The quantitative estimate of drug-likeness (QED) is 0.440. The Bertz CT molecular complexity index is 289. The van der Waals surface area contributed by atoms with Crippen molar-refractivity contribution in [2.45, 2.75) is 33.7 Å². The van der Waals surface area contributed by atoms with E-state index < -0.39 is 0 Å². The molecule has 6 nitrogen and oxygen atoms in total. The highest BCUT2D eigenvalue weighted by Crippen LogP contribution is 2.20. The fraction of sp³-hybridized carbons (Fsp3) is 0.933. The predicted molar refractivity (Wildman–Crippen MR) is 87.6 cm³/mol. The molecule has 1 heterocycles. The summed E-state index contributed by atoms with van der Waals surface area (Å²) in [6, 6.07) is 0.332. The Labute approximate surface area is 129 Å². The van der Waals surface area contributed by atoms with Crippen LogP contribution >= 0.6 is 0 Å². The van der Waals surface area contributed by atoms with E-state index in [9.17, 15) is 4.79 Å². The summed E-state index contributed by atoms with van der Waals surface area (Å²) in [6.07, 6.45) is 0. The van der Waals surface area contributed by atoms with Crippen LogP contribution in [0.3, 0.4) is 0 Å². The van der Waals surface area contributed by atoms with E-state index in [2.05, 4.69) is 49.0 Å². The second-order valence-electron chi connectivity index (χ2n) is 6.00. The number of nitrogens with one attached hydrogen (secondary N) is 4. The largest absolute Gasteiger partial charge is 0.336 e. The van der Waals surface area contributed by atoms with Crippen LogP contribution in [0.2, 0.25) is 0 Å². The van der Waals surface area contributed by atoms with Crippen LogP contribution < -0.4 is 21.3 Å². The zero-order chi connectivity index (χ0) is 15.7. The lowest BCUT2D eigenvalue weighted by atomic mass is 9.86. The summed E-state index contributed by atoms with van der Waals surface area (Å²) in [5.74, 6) is 0. The van der Waals surface area contributed by atoms with Gasteiger partial charge in [-0.05, 0) is 26.6 Å². The van der Waals surface area contributed by atoms with Gasteiger partial charge in [-0.15, -0.1) is 0 Å². The summed E-state index contributed by atoms with van der Waals surface area (Å²) in [6.45, 7) is 15.5. The topological polar surface area (TPSA) is 68.4 Å². The van der Waals surface area contributed by atoms with Crippen LogP contribution in [0.25, 0.3) is 0 Å². The molecule has 1 rings (SSSR count). The number of nitrogens with zero attached hydrogens (tertiary/aromatic N) is 1. The Morgan fingerprint density at radius 2 is 1.57 bits per heavy atom. The number of carbonyl (C=O) groups is 1. The SMILES string of the molecule is CCNCC(CNCC)(CNCC)CN1C(=O)NCC1C. The first-order valence-corrected chi connectivity index (χ1v) is 8.25. The second kappa shape index (κ2) is 9.23. The van der Waals surface area contributed by atoms with Gasteiger partial charge >= 0.3 is 6.03 Å². The maximum atomic E-state index is 12.0. The van der Waals surface area contributed by atoms with Crippen molar-refractivity contribution >= 4 is 6.03 Å².